The molecule has 0 heterocycles. The molecule has 0 saturated heterocycles. The normalized spacial score (nSPS) is 29.6. The third kappa shape index (κ3) is 4.02. The molecule has 1 amide bonds. The fourth-order valence-corrected chi connectivity index (χ4v) is 7.28. The van der Waals surface area contributed by atoms with Crippen LogP contribution in [0.4, 0.5) is 0 Å². The van der Waals surface area contributed by atoms with Gasteiger partial charge in [-0.1, -0.05) is 24.6 Å². The van der Waals surface area contributed by atoms with E-state index in [0.717, 1.165) is 24.8 Å². The van der Waals surface area contributed by atoms with Gasteiger partial charge in [-0.25, -0.2) is 0 Å². The fraction of sp³-hybridized carbons (Fsp3) is 0.500. The monoisotopic (exact) mass is 536 g/mol. The Morgan fingerprint density at radius 1 is 1.18 bits per heavy atom. The van der Waals surface area contributed by atoms with E-state index in [4.69, 9.17) is 5.73 Å². The summed E-state index contributed by atoms with van der Waals surface area (Å²) in [5, 5.41) is 44.8. The number of carbonyl (C=O) groups is 3. The second-order valence-corrected chi connectivity index (χ2v) is 11.7. The van der Waals surface area contributed by atoms with Gasteiger partial charge in [0.25, 0.3) is 5.91 Å². The van der Waals surface area contributed by atoms with Crippen molar-refractivity contribution in [2.45, 2.75) is 63.5 Å². The summed E-state index contributed by atoms with van der Waals surface area (Å²) >= 11 is 0. The van der Waals surface area contributed by atoms with Crippen LogP contribution < -0.4 is 5.73 Å². The number of fused-ring (bicyclic) bond motifs is 3. The Morgan fingerprint density at radius 3 is 2.51 bits per heavy atom. The standard InChI is InChI=1S/C30H36N2O7/c1-14(15-7-5-4-6-8-15)11-16-9-10-20(33)22-18(16)12-17-13-19-24(32(2)3)26(35)23(29(31)38)28(37)30(19,39)27(36)21(17)25(22)34/h7,9-10,14,17,19,24,33,35-36,39H,4-6,8,11-13H2,1-3H3,(H2,31,38). The summed E-state index contributed by atoms with van der Waals surface area (Å²) in [6, 6.07) is 2.32. The van der Waals surface area contributed by atoms with Gasteiger partial charge in [-0.2, -0.15) is 0 Å². The third-order valence-electron chi connectivity index (χ3n) is 9.19. The number of Topliss-reactive ketones (excluding diaryl/α,β-unsaturated/α-hetero) is 2. The molecule has 1 aromatic carbocycles. The molecule has 39 heavy (non-hydrogen) atoms. The molecule has 0 fully saturated rings. The van der Waals surface area contributed by atoms with E-state index in [0.29, 0.717) is 18.4 Å². The van der Waals surface area contributed by atoms with Crippen molar-refractivity contribution in [2.24, 2.45) is 23.5 Å². The van der Waals surface area contributed by atoms with Crippen LogP contribution in [-0.4, -0.2) is 68.5 Å². The zero-order valence-corrected chi connectivity index (χ0v) is 22.5. The van der Waals surface area contributed by atoms with Gasteiger partial charge in [0.05, 0.1) is 11.6 Å². The van der Waals surface area contributed by atoms with Crippen LogP contribution in [0.25, 0.3) is 0 Å². The number of aromatic hydroxyl groups is 1. The van der Waals surface area contributed by atoms with Crippen molar-refractivity contribution in [2.75, 3.05) is 14.1 Å². The Balaban J connectivity index is 1.62. The number of rotatable bonds is 5. The Labute approximate surface area is 227 Å². The van der Waals surface area contributed by atoms with Crippen LogP contribution in [0.5, 0.6) is 5.75 Å². The lowest BCUT2D eigenvalue weighted by molar-refractivity contribution is -0.148. The third-order valence-corrected chi connectivity index (χ3v) is 9.19. The molecule has 1 aromatic rings. The van der Waals surface area contributed by atoms with Crippen molar-refractivity contribution in [3.05, 3.63) is 63.1 Å². The summed E-state index contributed by atoms with van der Waals surface area (Å²) in [6.45, 7) is 2.17. The Morgan fingerprint density at radius 2 is 1.90 bits per heavy atom. The van der Waals surface area contributed by atoms with Crippen molar-refractivity contribution >= 4 is 17.5 Å². The lowest BCUT2D eigenvalue weighted by Crippen LogP contribution is -2.63. The number of amides is 1. The van der Waals surface area contributed by atoms with Gasteiger partial charge >= 0.3 is 0 Å². The molecule has 0 aliphatic heterocycles. The van der Waals surface area contributed by atoms with Crippen LogP contribution in [-0.2, 0) is 22.4 Å². The first-order valence-corrected chi connectivity index (χ1v) is 13.6. The second-order valence-electron chi connectivity index (χ2n) is 11.7. The van der Waals surface area contributed by atoms with Crippen LogP contribution in [0.2, 0.25) is 0 Å². The van der Waals surface area contributed by atoms with Crippen LogP contribution >= 0.6 is 0 Å². The van der Waals surface area contributed by atoms with Gasteiger partial charge in [-0.15, -0.1) is 0 Å². The van der Waals surface area contributed by atoms with Gasteiger partial charge in [0.15, 0.2) is 11.4 Å². The number of hydrogen-bond donors (Lipinski definition) is 5. The lowest BCUT2D eigenvalue weighted by Gasteiger charge is -2.50. The number of likely N-dealkylation sites (N-methyl/N-ethyl adjacent to an activating group) is 1. The zero-order chi connectivity index (χ0) is 28.4. The highest BCUT2D eigenvalue weighted by molar-refractivity contribution is 6.24. The minimum atomic E-state index is -2.63. The zero-order valence-electron chi connectivity index (χ0n) is 22.5. The highest BCUT2D eigenvalue weighted by Crippen LogP contribution is 2.52. The van der Waals surface area contributed by atoms with Gasteiger partial charge in [-0.3, -0.25) is 19.3 Å². The number of aliphatic hydroxyl groups is 3. The maximum atomic E-state index is 13.9. The number of allylic oxidation sites excluding steroid dienone is 3. The molecule has 9 nitrogen and oxygen atoms in total. The number of nitrogens with two attached hydrogens (primary N) is 1. The summed E-state index contributed by atoms with van der Waals surface area (Å²) in [7, 11) is 3.23. The van der Waals surface area contributed by atoms with E-state index >= 15 is 0 Å². The van der Waals surface area contributed by atoms with Crippen molar-refractivity contribution in [3.63, 3.8) is 0 Å². The van der Waals surface area contributed by atoms with E-state index in [-0.39, 0.29) is 29.2 Å². The second kappa shape index (κ2) is 9.64. The van der Waals surface area contributed by atoms with Crippen LogP contribution in [0.1, 0.15) is 60.5 Å². The number of hydrogen-bond acceptors (Lipinski definition) is 8. The highest BCUT2D eigenvalue weighted by atomic mass is 16.3. The number of carbonyl (C=O) groups excluding carboxylic acids is 3. The van der Waals surface area contributed by atoms with Crippen LogP contribution in [0, 0.1) is 17.8 Å². The molecule has 0 spiro atoms. The molecule has 9 heteroatoms. The van der Waals surface area contributed by atoms with E-state index in [1.54, 1.807) is 19.0 Å². The first-order valence-electron chi connectivity index (χ1n) is 13.6. The molecule has 5 atom stereocenters. The van der Waals surface area contributed by atoms with E-state index in [9.17, 15) is 34.8 Å². The molecule has 6 N–H and O–H groups in total. The number of primary amides is 1. The van der Waals surface area contributed by atoms with Crippen LogP contribution in [0.3, 0.4) is 0 Å². The van der Waals surface area contributed by atoms with Gasteiger partial charge in [0.2, 0.25) is 5.78 Å². The number of benzene rings is 1. The summed E-state index contributed by atoms with van der Waals surface area (Å²) in [4.78, 5) is 40.9. The minimum Gasteiger partial charge on any atom is -0.510 e. The summed E-state index contributed by atoms with van der Waals surface area (Å²) in [5.41, 5.74) is 4.93. The van der Waals surface area contributed by atoms with Crippen molar-refractivity contribution in [3.8, 4) is 5.75 Å². The maximum absolute atomic E-state index is 13.9. The molecule has 4 aliphatic carbocycles. The molecule has 0 saturated carbocycles. The topological polar surface area (TPSA) is 161 Å². The Kier molecular flexibility index (Phi) is 6.71. The highest BCUT2D eigenvalue weighted by Gasteiger charge is 2.63. The van der Waals surface area contributed by atoms with Crippen LogP contribution in [0.15, 0.2) is 46.4 Å². The quantitative estimate of drug-likeness (QED) is 0.283. The Bertz CT molecular complexity index is 1370. The van der Waals surface area contributed by atoms with Gasteiger partial charge < -0.3 is 26.2 Å². The number of phenols is 1. The van der Waals surface area contributed by atoms with E-state index < -0.39 is 58.0 Å². The lowest BCUT2D eigenvalue weighted by atomic mass is 9.58. The smallest absolute Gasteiger partial charge is 0.255 e. The molecule has 0 aromatic heterocycles. The molecule has 5 rings (SSSR count). The summed E-state index contributed by atoms with van der Waals surface area (Å²) in [5.74, 6) is -6.09. The number of aliphatic hydroxyl groups excluding tert-OH is 2. The Hall–Kier alpha value is -3.43. The summed E-state index contributed by atoms with van der Waals surface area (Å²) in [6.07, 6.45) is 7.85. The number of phenolic OH excluding ortho intramolecular Hbond substituents is 1. The van der Waals surface area contributed by atoms with E-state index in [1.807, 2.05) is 6.07 Å². The van der Waals surface area contributed by atoms with Gasteiger partial charge in [0.1, 0.15) is 22.8 Å². The molecule has 0 radical (unpaired) electrons. The largest absolute Gasteiger partial charge is 0.510 e. The SMILES string of the molecule is CC(Cc1ccc(O)c2c1CC1CC3C(N(C)C)C(O)=C(C(N)=O)C(=O)C3(O)C(O)=C1C2=O)C1=CCCCC1. The fourth-order valence-electron chi connectivity index (χ4n) is 7.28. The van der Waals surface area contributed by atoms with Crippen molar-refractivity contribution < 1.29 is 34.8 Å². The van der Waals surface area contributed by atoms with Gasteiger partial charge in [-0.05, 0) is 88.1 Å². The molecular formula is C30H36N2O7. The number of ketones is 2. The predicted octanol–water partition coefficient (Wildman–Crippen LogP) is 2.80. The van der Waals surface area contributed by atoms with E-state index in [1.165, 1.54) is 18.1 Å². The molecule has 5 unspecified atom stereocenters. The van der Waals surface area contributed by atoms with Crippen molar-refractivity contribution in [1.29, 1.82) is 0 Å². The van der Waals surface area contributed by atoms with Crippen molar-refractivity contribution in [1.82, 2.24) is 4.90 Å². The minimum absolute atomic E-state index is 0.0677. The van der Waals surface area contributed by atoms with Gasteiger partial charge in [0, 0.05) is 11.5 Å². The average molecular weight is 537 g/mol. The maximum Gasteiger partial charge on any atom is 0.255 e. The predicted molar refractivity (Wildman–Crippen MR) is 143 cm³/mol. The molecule has 4 aliphatic rings. The summed E-state index contributed by atoms with van der Waals surface area (Å²) < 4.78 is 0. The average Bonchev–Trinajstić information content (AvgIpc) is 2.88. The molecular weight excluding hydrogens is 500 g/mol. The first kappa shape index (κ1) is 27.1. The van der Waals surface area contributed by atoms with E-state index in [2.05, 4.69) is 13.0 Å². The molecule has 0 bridgehead atoms. The molecule has 208 valence electrons. The number of nitrogens with zero attached hydrogens (tertiary/aromatic N) is 1. The first-order chi connectivity index (χ1) is 18.4.